The number of methoxy groups -OCH3 is 1. The molecule has 0 saturated carbocycles. The van der Waals surface area contributed by atoms with E-state index in [2.05, 4.69) is 16.8 Å². The van der Waals surface area contributed by atoms with Crippen molar-refractivity contribution >= 4 is 11.6 Å². The lowest BCUT2D eigenvalue weighted by Gasteiger charge is -2.38. The minimum atomic E-state index is -0.399. The Labute approximate surface area is 170 Å². The van der Waals surface area contributed by atoms with Crippen molar-refractivity contribution in [3.8, 4) is 5.75 Å². The molecular weight excluding hydrogens is 378 g/mol. The highest BCUT2D eigenvalue weighted by atomic mass is 35.5. The highest BCUT2D eigenvalue weighted by Crippen LogP contribution is 2.36. The van der Waals surface area contributed by atoms with Crippen LogP contribution in [-0.4, -0.2) is 66.4 Å². The van der Waals surface area contributed by atoms with Crippen LogP contribution in [0.1, 0.15) is 22.9 Å². The fourth-order valence-corrected chi connectivity index (χ4v) is 4.04. The minimum Gasteiger partial charge on any atom is -0.507 e. The van der Waals surface area contributed by atoms with Crippen molar-refractivity contribution in [2.75, 3.05) is 46.9 Å². The third-order valence-electron chi connectivity index (χ3n) is 5.42. The average Bonchev–Trinajstić information content (AvgIpc) is 2.67. The highest BCUT2D eigenvalue weighted by Gasteiger charge is 2.32. The second-order valence-corrected chi connectivity index (χ2v) is 7.70. The molecule has 1 atom stereocenters. The van der Waals surface area contributed by atoms with E-state index in [1.165, 1.54) is 0 Å². The van der Waals surface area contributed by atoms with Gasteiger partial charge >= 0.3 is 0 Å². The number of aromatic nitrogens is 1. The molecule has 1 fully saturated rings. The van der Waals surface area contributed by atoms with Crippen molar-refractivity contribution in [2.45, 2.75) is 19.5 Å². The first-order valence-corrected chi connectivity index (χ1v) is 9.91. The van der Waals surface area contributed by atoms with Gasteiger partial charge in [0, 0.05) is 50.6 Å². The van der Waals surface area contributed by atoms with E-state index in [9.17, 15) is 9.90 Å². The SMILES string of the molecule is COCCn1c(C)cc(O)c([C@H](c2ccccc2Cl)N2CCN(C)CC2)c1=O. The maximum absolute atomic E-state index is 13.4. The zero-order chi connectivity index (χ0) is 20.3. The second kappa shape index (κ2) is 9.09. The fraction of sp³-hybridized carbons (Fsp3) is 0.476. The van der Waals surface area contributed by atoms with Crippen molar-refractivity contribution in [2.24, 2.45) is 0 Å². The first-order valence-electron chi connectivity index (χ1n) is 9.53. The molecule has 1 aliphatic rings. The molecule has 0 unspecified atom stereocenters. The van der Waals surface area contributed by atoms with Crippen molar-refractivity contribution in [3.05, 3.63) is 62.5 Å². The van der Waals surface area contributed by atoms with E-state index in [4.69, 9.17) is 16.3 Å². The quantitative estimate of drug-likeness (QED) is 0.800. The van der Waals surface area contributed by atoms with Crippen LogP contribution < -0.4 is 5.56 Å². The summed E-state index contributed by atoms with van der Waals surface area (Å²) >= 11 is 6.53. The Morgan fingerprint density at radius 1 is 1.21 bits per heavy atom. The molecule has 2 heterocycles. The Bertz CT molecular complexity index is 876. The summed E-state index contributed by atoms with van der Waals surface area (Å²) in [6.07, 6.45) is 0. The van der Waals surface area contributed by atoms with E-state index in [-0.39, 0.29) is 11.3 Å². The number of benzene rings is 1. The smallest absolute Gasteiger partial charge is 0.259 e. The van der Waals surface area contributed by atoms with Gasteiger partial charge in [0.2, 0.25) is 0 Å². The van der Waals surface area contributed by atoms with Crippen LogP contribution in [0.25, 0.3) is 0 Å². The standard InChI is InChI=1S/C21H28ClN3O3/c1-15-14-18(26)19(21(27)25(15)12-13-28-3)20(16-6-4-5-7-17(16)22)24-10-8-23(2)9-11-24/h4-7,14,20,26H,8-13H2,1-3H3/t20-/m0/s1. The van der Waals surface area contributed by atoms with Crippen LogP contribution in [-0.2, 0) is 11.3 Å². The number of aryl methyl sites for hydroxylation is 1. The Balaban J connectivity index is 2.15. The first-order chi connectivity index (χ1) is 13.4. The number of ether oxygens (including phenoxy) is 1. The molecule has 0 amide bonds. The van der Waals surface area contributed by atoms with E-state index in [1.54, 1.807) is 17.7 Å². The molecule has 1 aromatic heterocycles. The average molecular weight is 406 g/mol. The number of likely N-dealkylation sites (N-methyl/N-ethyl adjacent to an activating group) is 1. The maximum atomic E-state index is 13.4. The van der Waals surface area contributed by atoms with Gasteiger partial charge in [0.1, 0.15) is 5.75 Å². The summed E-state index contributed by atoms with van der Waals surface area (Å²) in [5.74, 6) is 0.0139. The molecule has 28 heavy (non-hydrogen) atoms. The largest absolute Gasteiger partial charge is 0.507 e. The first kappa shape index (κ1) is 20.9. The van der Waals surface area contributed by atoms with E-state index < -0.39 is 6.04 Å². The number of hydrogen-bond donors (Lipinski definition) is 1. The van der Waals surface area contributed by atoms with Gasteiger partial charge in [-0.05, 0) is 31.7 Å². The molecule has 152 valence electrons. The Hall–Kier alpha value is -1.86. The molecule has 3 rings (SSSR count). The zero-order valence-corrected chi connectivity index (χ0v) is 17.4. The van der Waals surface area contributed by atoms with Crippen molar-refractivity contribution < 1.29 is 9.84 Å². The third kappa shape index (κ3) is 4.25. The highest BCUT2D eigenvalue weighted by molar-refractivity contribution is 6.31. The summed E-state index contributed by atoms with van der Waals surface area (Å²) < 4.78 is 6.82. The fourth-order valence-electron chi connectivity index (χ4n) is 3.80. The zero-order valence-electron chi connectivity index (χ0n) is 16.7. The number of halogens is 1. The van der Waals surface area contributed by atoms with Crippen LogP contribution in [0.5, 0.6) is 5.75 Å². The minimum absolute atomic E-state index is 0.0139. The molecule has 0 spiro atoms. The van der Waals surface area contributed by atoms with Crippen LogP contribution in [0, 0.1) is 6.92 Å². The number of pyridine rings is 1. The topological polar surface area (TPSA) is 57.9 Å². The monoisotopic (exact) mass is 405 g/mol. The lowest BCUT2D eigenvalue weighted by molar-refractivity contribution is 0.125. The summed E-state index contributed by atoms with van der Waals surface area (Å²) in [5.41, 5.74) is 1.72. The molecule has 1 saturated heterocycles. The van der Waals surface area contributed by atoms with Gasteiger partial charge in [-0.3, -0.25) is 9.69 Å². The lowest BCUT2D eigenvalue weighted by atomic mass is 9.96. The lowest BCUT2D eigenvalue weighted by Crippen LogP contribution is -2.47. The van der Waals surface area contributed by atoms with Gasteiger partial charge in [0.05, 0.1) is 18.2 Å². The number of piperazine rings is 1. The summed E-state index contributed by atoms with van der Waals surface area (Å²) in [7, 11) is 3.70. The normalized spacial score (nSPS) is 17.0. The Kier molecular flexibility index (Phi) is 6.78. The molecule has 0 aliphatic carbocycles. The third-order valence-corrected chi connectivity index (χ3v) is 5.76. The maximum Gasteiger partial charge on any atom is 0.259 e. The van der Waals surface area contributed by atoms with Gasteiger partial charge in [-0.25, -0.2) is 0 Å². The molecule has 2 aromatic rings. The predicted molar refractivity (Wildman–Crippen MR) is 111 cm³/mol. The Morgan fingerprint density at radius 3 is 2.54 bits per heavy atom. The van der Waals surface area contributed by atoms with E-state index in [0.29, 0.717) is 29.4 Å². The van der Waals surface area contributed by atoms with E-state index in [0.717, 1.165) is 31.7 Å². The number of nitrogens with zero attached hydrogens (tertiary/aromatic N) is 3. The van der Waals surface area contributed by atoms with Gasteiger partial charge in [-0.15, -0.1) is 0 Å². The van der Waals surface area contributed by atoms with Gasteiger partial charge in [-0.1, -0.05) is 29.8 Å². The Morgan fingerprint density at radius 2 is 1.89 bits per heavy atom. The number of hydrogen-bond acceptors (Lipinski definition) is 5. The molecule has 0 bridgehead atoms. The van der Waals surface area contributed by atoms with Crippen LogP contribution in [0.3, 0.4) is 0 Å². The van der Waals surface area contributed by atoms with Crippen molar-refractivity contribution in [1.82, 2.24) is 14.4 Å². The number of rotatable bonds is 6. The van der Waals surface area contributed by atoms with E-state index >= 15 is 0 Å². The molecular formula is C21H28ClN3O3. The van der Waals surface area contributed by atoms with Crippen LogP contribution in [0.15, 0.2) is 35.1 Å². The van der Waals surface area contributed by atoms with Crippen LogP contribution in [0.4, 0.5) is 0 Å². The number of aromatic hydroxyl groups is 1. The predicted octanol–water partition coefficient (Wildman–Crippen LogP) is 2.50. The summed E-state index contributed by atoms with van der Waals surface area (Å²) in [5, 5.41) is 11.4. The summed E-state index contributed by atoms with van der Waals surface area (Å²) in [6.45, 7) is 6.05. The van der Waals surface area contributed by atoms with Crippen molar-refractivity contribution in [3.63, 3.8) is 0 Å². The van der Waals surface area contributed by atoms with Gasteiger partial charge < -0.3 is 19.3 Å². The summed E-state index contributed by atoms with van der Waals surface area (Å²) in [6, 6.07) is 8.81. The van der Waals surface area contributed by atoms with Gasteiger partial charge in [-0.2, -0.15) is 0 Å². The van der Waals surface area contributed by atoms with E-state index in [1.807, 2.05) is 31.2 Å². The molecule has 1 aliphatic heterocycles. The molecule has 1 N–H and O–H groups in total. The summed E-state index contributed by atoms with van der Waals surface area (Å²) in [4.78, 5) is 17.9. The molecule has 1 aromatic carbocycles. The molecule has 7 heteroatoms. The van der Waals surface area contributed by atoms with Gasteiger partial charge in [0.15, 0.2) is 0 Å². The van der Waals surface area contributed by atoms with Crippen LogP contribution in [0.2, 0.25) is 5.02 Å². The second-order valence-electron chi connectivity index (χ2n) is 7.30. The van der Waals surface area contributed by atoms with Crippen molar-refractivity contribution in [1.29, 1.82) is 0 Å². The van der Waals surface area contributed by atoms with Crippen LogP contribution >= 0.6 is 11.6 Å². The van der Waals surface area contributed by atoms with Gasteiger partial charge in [0.25, 0.3) is 5.56 Å². The molecule has 0 radical (unpaired) electrons. The molecule has 6 nitrogen and oxygen atoms in total.